The summed E-state index contributed by atoms with van der Waals surface area (Å²) in [5.41, 5.74) is 1.59. The van der Waals surface area contributed by atoms with Gasteiger partial charge in [-0.2, -0.15) is 0 Å². The average Bonchev–Trinajstić information content (AvgIpc) is 3.47. The van der Waals surface area contributed by atoms with Gasteiger partial charge in [-0.25, -0.2) is 17.2 Å². The highest BCUT2D eigenvalue weighted by molar-refractivity contribution is 7.92. The van der Waals surface area contributed by atoms with Gasteiger partial charge in [-0.1, -0.05) is 66.9 Å². The lowest BCUT2D eigenvalue weighted by atomic mass is 10.0. The van der Waals surface area contributed by atoms with E-state index in [4.69, 9.17) is 11.6 Å². The van der Waals surface area contributed by atoms with Crippen LogP contribution in [0.1, 0.15) is 49.7 Å². The molecule has 1 aliphatic rings. The van der Waals surface area contributed by atoms with Gasteiger partial charge in [0.1, 0.15) is 6.04 Å². The molecule has 1 N–H and O–H groups in total. The highest BCUT2D eigenvalue weighted by Crippen LogP contribution is 2.24. The third-order valence-electron chi connectivity index (χ3n) is 7.56. The molecular weight excluding hydrogens is 596 g/mol. The highest BCUT2D eigenvalue weighted by atomic mass is 35.5. The molecule has 0 bridgehead atoms. The number of hydrogen-bond donors (Lipinski definition) is 1. The Hall–Kier alpha value is -3.50. The molecule has 0 aliphatic heterocycles. The van der Waals surface area contributed by atoms with Gasteiger partial charge in [-0.15, -0.1) is 0 Å². The Balaban J connectivity index is 1.59. The lowest BCUT2D eigenvalue weighted by Gasteiger charge is -2.33. The molecule has 3 aromatic carbocycles. The van der Waals surface area contributed by atoms with Gasteiger partial charge in [0.15, 0.2) is 11.6 Å². The number of benzene rings is 3. The Morgan fingerprint density at radius 3 is 2.30 bits per heavy atom. The Morgan fingerprint density at radius 2 is 1.65 bits per heavy atom. The molecule has 1 saturated carbocycles. The summed E-state index contributed by atoms with van der Waals surface area (Å²) in [5.74, 6) is -2.86. The van der Waals surface area contributed by atoms with Crippen molar-refractivity contribution in [2.45, 2.75) is 63.6 Å². The molecule has 1 fully saturated rings. The molecule has 0 radical (unpaired) electrons. The molecule has 0 saturated heterocycles. The van der Waals surface area contributed by atoms with Crippen LogP contribution in [0.4, 0.5) is 14.5 Å². The third-order valence-corrected chi connectivity index (χ3v) is 8.99. The van der Waals surface area contributed by atoms with Crippen LogP contribution in [0.5, 0.6) is 0 Å². The molecule has 0 spiro atoms. The molecule has 3 aromatic rings. The maximum atomic E-state index is 13.9. The van der Waals surface area contributed by atoms with E-state index in [-0.39, 0.29) is 55.9 Å². The van der Waals surface area contributed by atoms with E-state index in [1.165, 1.54) is 11.0 Å². The molecule has 43 heavy (non-hydrogen) atoms. The number of sulfonamides is 1. The van der Waals surface area contributed by atoms with Crippen molar-refractivity contribution in [2.24, 2.45) is 0 Å². The summed E-state index contributed by atoms with van der Waals surface area (Å²) < 4.78 is 53.4. The zero-order chi connectivity index (χ0) is 31.0. The summed E-state index contributed by atoms with van der Waals surface area (Å²) in [5, 5.41) is 3.64. The first-order chi connectivity index (χ1) is 20.5. The smallest absolute Gasteiger partial charge is 0.243 e. The van der Waals surface area contributed by atoms with Crippen LogP contribution < -0.4 is 9.62 Å². The quantitative estimate of drug-likeness (QED) is 0.256. The van der Waals surface area contributed by atoms with Gasteiger partial charge in [-0.3, -0.25) is 13.9 Å². The normalized spacial score (nSPS) is 14.3. The summed E-state index contributed by atoms with van der Waals surface area (Å²) in [6.07, 6.45) is 5.09. The SMILES string of the molecule is CS(=O)(=O)N(CCCC(=O)N(Cc1cccc(Cl)c1)[C@H](Cc1ccccc1)C(=O)NC1CCCC1)c1ccc(F)c(F)c1. The summed E-state index contributed by atoms with van der Waals surface area (Å²) in [6, 6.07) is 18.6. The van der Waals surface area contributed by atoms with Gasteiger partial charge in [0.2, 0.25) is 21.8 Å². The van der Waals surface area contributed by atoms with Crippen LogP contribution in [0.15, 0.2) is 72.8 Å². The lowest BCUT2D eigenvalue weighted by molar-refractivity contribution is -0.141. The van der Waals surface area contributed by atoms with Gasteiger partial charge in [0.05, 0.1) is 11.9 Å². The van der Waals surface area contributed by atoms with Gasteiger partial charge < -0.3 is 10.2 Å². The third kappa shape index (κ3) is 9.24. The number of rotatable bonds is 13. The van der Waals surface area contributed by atoms with Gasteiger partial charge in [0.25, 0.3) is 0 Å². The number of hydrogen-bond acceptors (Lipinski definition) is 4. The number of halogens is 3. The number of carbonyl (C=O) groups excluding carboxylic acids is 2. The van der Waals surface area contributed by atoms with Crippen LogP contribution in [0.25, 0.3) is 0 Å². The van der Waals surface area contributed by atoms with E-state index in [0.29, 0.717) is 5.02 Å². The monoisotopic (exact) mass is 631 g/mol. The topological polar surface area (TPSA) is 86.8 Å². The van der Waals surface area contributed by atoms with Crippen molar-refractivity contribution in [3.8, 4) is 0 Å². The Labute approximate surface area is 256 Å². The minimum Gasteiger partial charge on any atom is -0.352 e. The van der Waals surface area contributed by atoms with E-state index in [9.17, 15) is 26.8 Å². The van der Waals surface area contributed by atoms with Crippen LogP contribution >= 0.6 is 11.6 Å². The van der Waals surface area contributed by atoms with Crippen molar-refractivity contribution in [1.29, 1.82) is 0 Å². The number of nitrogens with one attached hydrogen (secondary N) is 1. The predicted octanol–water partition coefficient (Wildman–Crippen LogP) is 5.86. The zero-order valence-electron chi connectivity index (χ0n) is 24.0. The van der Waals surface area contributed by atoms with Crippen molar-refractivity contribution in [3.05, 3.63) is 101 Å². The molecule has 11 heteroatoms. The van der Waals surface area contributed by atoms with Crippen LogP contribution in [0.3, 0.4) is 0 Å². The van der Waals surface area contributed by atoms with E-state index in [1.807, 2.05) is 36.4 Å². The Bertz CT molecular complexity index is 1520. The molecule has 1 atom stereocenters. The van der Waals surface area contributed by atoms with Gasteiger partial charge in [-0.05, 0) is 54.7 Å². The van der Waals surface area contributed by atoms with Crippen LogP contribution in [-0.2, 0) is 32.6 Å². The molecule has 2 amide bonds. The van der Waals surface area contributed by atoms with Crippen molar-refractivity contribution in [3.63, 3.8) is 0 Å². The van der Waals surface area contributed by atoms with Crippen LogP contribution in [-0.4, -0.2) is 50.0 Å². The van der Waals surface area contributed by atoms with Crippen LogP contribution in [0, 0.1) is 11.6 Å². The van der Waals surface area contributed by atoms with E-state index >= 15 is 0 Å². The van der Waals surface area contributed by atoms with E-state index < -0.39 is 27.7 Å². The van der Waals surface area contributed by atoms with Crippen molar-refractivity contribution < 1.29 is 26.8 Å². The maximum Gasteiger partial charge on any atom is 0.243 e. The number of carbonyl (C=O) groups is 2. The molecule has 1 aliphatic carbocycles. The summed E-state index contributed by atoms with van der Waals surface area (Å²) in [6.45, 7) is -0.0216. The highest BCUT2D eigenvalue weighted by Gasteiger charge is 2.32. The van der Waals surface area contributed by atoms with E-state index in [1.54, 1.807) is 18.2 Å². The lowest BCUT2D eigenvalue weighted by Crippen LogP contribution is -2.52. The molecule has 0 unspecified atom stereocenters. The minimum absolute atomic E-state index is 0.0393. The summed E-state index contributed by atoms with van der Waals surface area (Å²) in [4.78, 5) is 29.2. The summed E-state index contributed by atoms with van der Waals surface area (Å²) in [7, 11) is -3.86. The first-order valence-corrected chi connectivity index (χ1v) is 16.5. The summed E-state index contributed by atoms with van der Waals surface area (Å²) >= 11 is 6.24. The first kappa shape index (κ1) is 32.4. The minimum atomic E-state index is -3.86. The fraction of sp³-hybridized carbons (Fsp3) is 0.375. The molecule has 0 heterocycles. The second kappa shape index (κ2) is 14.8. The van der Waals surface area contributed by atoms with Crippen molar-refractivity contribution in [1.82, 2.24) is 10.2 Å². The maximum absolute atomic E-state index is 13.9. The largest absolute Gasteiger partial charge is 0.352 e. The van der Waals surface area contributed by atoms with Crippen LogP contribution in [0.2, 0.25) is 5.02 Å². The number of anilines is 1. The number of nitrogens with zero attached hydrogens (tertiary/aromatic N) is 2. The second-order valence-electron chi connectivity index (χ2n) is 10.9. The Morgan fingerprint density at radius 1 is 0.953 bits per heavy atom. The zero-order valence-corrected chi connectivity index (χ0v) is 25.6. The predicted molar refractivity (Wildman–Crippen MR) is 164 cm³/mol. The van der Waals surface area contributed by atoms with Gasteiger partial charge >= 0.3 is 0 Å². The molecule has 0 aromatic heterocycles. The fourth-order valence-corrected chi connectivity index (χ4v) is 6.57. The Kier molecular flexibility index (Phi) is 11.2. The van der Waals surface area contributed by atoms with E-state index in [0.717, 1.165) is 59.5 Å². The standard InChI is InChI=1S/C32H36ClF2N3O4S/c1-43(41,42)38(27-16-17-28(34)29(35)21-27)18-8-15-31(39)37(22-24-11-7-12-25(33)19-24)30(20-23-9-3-2-4-10-23)32(40)36-26-13-5-6-14-26/h2-4,7,9-12,16-17,19,21,26,30H,5-6,8,13-15,18,20,22H2,1H3,(H,36,40)/t30-/m1/s1. The first-order valence-electron chi connectivity index (χ1n) is 14.3. The second-order valence-corrected chi connectivity index (χ2v) is 13.2. The van der Waals surface area contributed by atoms with Crippen molar-refractivity contribution in [2.75, 3.05) is 17.1 Å². The molecule has 7 nitrogen and oxygen atoms in total. The fourth-order valence-electron chi connectivity index (χ4n) is 5.40. The van der Waals surface area contributed by atoms with Crippen molar-refractivity contribution >= 4 is 39.1 Å². The van der Waals surface area contributed by atoms with Gasteiger partial charge in [0, 0.05) is 43.1 Å². The average molecular weight is 632 g/mol. The number of amides is 2. The molecule has 230 valence electrons. The molecule has 4 rings (SSSR count). The van der Waals surface area contributed by atoms with E-state index in [2.05, 4.69) is 5.32 Å². The molecular formula is C32H36ClF2N3O4S.